The Kier molecular flexibility index (Phi) is 7.09. The summed E-state index contributed by atoms with van der Waals surface area (Å²) in [6, 6.07) is 21.3. The molecule has 1 aliphatic heterocycles. The zero-order chi connectivity index (χ0) is 27.7. The summed E-state index contributed by atoms with van der Waals surface area (Å²) in [6.07, 6.45) is 1.42. The van der Waals surface area contributed by atoms with E-state index in [1.807, 2.05) is 37.3 Å². The van der Waals surface area contributed by atoms with Crippen molar-refractivity contribution in [3.63, 3.8) is 0 Å². The number of methoxy groups -OCH3 is 1. The molecule has 0 saturated carbocycles. The Morgan fingerprint density at radius 2 is 1.69 bits per heavy atom. The lowest BCUT2D eigenvalue weighted by Gasteiger charge is -2.27. The third kappa shape index (κ3) is 5.09. The van der Waals surface area contributed by atoms with Gasteiger partial charge in [-0.2, -0.15) is 0 Å². The molecule has 0 atom stereocenters. The van der Waals surface area contributed by atoms with Gasteiger partial charge in [0, 0.05) is 22.2 Å². The topological polar surface area (TPSA) is 84.9 Å². The number of ether oxygens (including phenoxy) is 2. The molecule has 0 unspecified atom stereocenters. The van der Waals surface area contributed by atoms with Gasteiger partial charge in [-0.1, -0.05) is 54.1 Å². The van der Waals surface area contributed by atoms with Crippen LogP contribution in [0.25, 0.3) is 16.8 Å². The summed E-state index contributed by atoms with van der Waals surface area (Å²) in [5.74, 6) is -0.599. The molecule has 8 heteroatoms. The van der Waals surface area contributed by atoms with Crippen molar-refractivity contribution < 1.29 is 23.9 Å². The van der Waals surface area contributed by atoms with E-state index in [2.05, 4.69) is 11.4 Å². The maximum absolute atomic E-state index is 13.5. The minimum absolute atomic E-state index is 0.217. The lowest BCUT2D eigenvalue weighted by Crippen LogP contribution is -2.54. The fraction of sp³-hybridized carbons (Fsp3) is 0.129. The average molecular weight is 541 g/mol. The molecule has 0 spiro atoms. The minimum Gasteiger partial charge on any atom is -0.497 e. The van der Waals surface area contributed by atoms with Gasteiger partial charge in [-0.3, -0.25) is 14.9 Å². The number of fused-ring (bicyclic) bond motifs is 1. The number of halogens is 1. The lowest BCUT2D eigenvalue weighted by molar-refractivity contribution is -0.122. The molecule has 1 heterocycles. The van der Waals surface area contributed by atoms with Gasteiger partial charge < -0.3 is 9.47 Å². The van der Waals surface area contributed by atoms with Crippen LogP contribution in [0.5, 0.6) is 11.5 Å². The average Bonchev–Trinajstić information content (AvgIpc) is 2.92. The summed E-state index contributed by atoms with van der Waals surface area (Å²) >= 11 is 6.13. The Balaban J connectivity index is 1.53. The normalized spacial score (nSPS) is 14.6. The largest absolute Gasteiger partial charge is 0.497 e. The van der Waals surface area contributed by atoms with Crippen molar-refractivity contribution in [3.05, 3.63) is 106 Å². The monoisotopic (exact) mass is 540 g/mol. The number of rotatable bonds is 6. The maximum atomic E-state index is 13.5. The quantitative estimate of drug-likeness (QED) is 0.227. The van der Waals surface area contributed by atoms with Gasteiger partial charge in [0.1, 0.15) is 23.7 Å². The van der Waals surface area contributed by atoms with Crippen molar-refractivity contribution in [1.29, 1.82) is 0 Å². The van der Waals surface area contributed by atoms with Gasteiger partial charge in [0.2, 0.25) is 0 Å². The molecule has 1 aliphatic rings. The van der Waals surface area contributed by atoms with E-state index in [4.69, 9.17) is 21.1 Å². The number of benzene rings is 4. The smallest absolute Gasteiger partial charge is 0.335 e. The number of aryl methyl sites for hydroxylation is 2. The highest BCUT2D eigenvalue weighted by Gasteiger charge is 2.37. The van der Waals surface area contributed by atoms with E-state index >= 15 is 0 Å². The molecule has 1 N–H and O–H groups in total. The fourth-order valence-corrected chi connectivity index (χ4v) is 4.69. The van der Waals surface area contributed by atoms with E-state index in [9.17, 15) is 14.4 Å². The number of hydrogen-bond donors (Lipinski definition) is 1. The number of amides is 4. The Hall–Kier alpha value is -4.62. The zero-order valence-electron chi connectivity index (χ0n) is 21.6. The third-order valence-electron chi connectivity index (χ3n) is 6.68. The van der Waals surface area contributed by atoms with Crippen molar-refractivity contribution in [2.45, 2.75) is 20.5 Å². The van der Waals surface area contributed by atoms with Crippen molar-refractivity contribution in [2.75, 3.05) is 12.0 Å². The standard InChI is InChI=1S/C31H25ClN2O5/c1-18-8-10-20-6-4-5-7-24(20)26(18)17-39-28-16-23(38-3)13-11-21(28)14-25-29(35)33-31(37)34(30(25)36)27-15-22(32)12-9-19(27)2/h4-16H,17H2,1-3H3,(H,33,35,37)/b25-14+. The predicted molar refractivity (Wildman–Crippen MR) is 151 cm³/mol. The summed E-state index contributed by atoms with van der Waals surface area (Å²) < 4.78 is 11.7. The number of carbonyl (C=O) groups excluding carboxylic acids is 3. The molecule has 1 fully saturated rings. The first-order valence-corrected chi connectivity index (χ1v) is 12.6. The van der Waals surface area contributed by atoms with Crippen LogP contribution in [0, 0.1) is 13.8 Å². The van der Waals surface area contributed by atoms with Crippen LogP contribution >= 0.6 is 11.6 Å². The second-order valence-electron chi connectivity index (χ2n) is 9.16. The Labute approximate surface area is 230 Å². The second-order valence-corrected chi connectivity index (χ2v) is 9.60. The molecule has 7 nitrogen and oxygen atoms in total. The van der Waals surface area contributed by atoms with Crippen LogP contribution in [0.15, 0.2) is 78.4 Å². The first-order valence-electron chi connectivity index (χ1n) is 12.2. The summed E-state index contributed by atoms with van der Waals surface area (Å²) in [5, 5.41) is 4.78. The number of carbonyl (C=O) groups is 3. The molecule has 0 aliphatic carbocycles. The highest BCUT2D eigenvalue weighted by atomic mass is 35.5. The van der Waals surface area contributed by atoms with Gasteiger partial charge in [-0.15, -0.1) is 0 Å². The SMILES string of the molecule is COc1ccc(/C=C2\C(=O)NC(=O)N(c3cc(Cl)ccc3C)C2=O)c(OCc2c(C)ccc3ccccc23)c1. The van der Waals surface area contributed by atoms with Gasteiger partial charge >= 0.3 is 6.03 Å². The molecule has 39 heavy (non-hydrogen) atoms. The number of imide groups is 2. The van der Waals surface area contributed by atoms with Crippen LogP contribution in [0.1, 0.15) is 22.3 Å². The number of urea groups is 1. The van der Waals surface area contributed by atoms with E-state index in [1.165, 1.54) is 12.1 Å². The molecule has 4 aromatic carbocycles. The molecule has 0 bridgehead atoms. The number of anilines is 1. The Morgan fingerprint density at radius 1 is 0.923 bits per heavy atom. The molecular formula is C31H25ClN2O5. The van der Waals surface area contributed by atoms with Crippen LogP contribution in [-0.4, -0.2) is 25.0 Å². The van der Waals surface area contributed by atoms with Gasteiger partial charge in [0.15, 0.2) is 0 Å². The van der Waals surface area contributed by atoms with Crippen LogP contribution in [-0.2, 0) is 16.2 Å². The van der Waals surface area contributed by atoms with Crippen LogP contribution in [0.2, 0.25) is 5.02 Å². The van der Waals surface area contributed by atoms with Crippen molar-refractivity contribution in [3.8, 4) is 11.5 Å². The summed E-state index contributed by atoms with van der Waals surface area (Å²) in [5.41, 5.74) is 3.30. The fourth-order valence-electron chi connectivity index (χ4n) is 4.53. The molecule has 196 valence electrons. The van der Waals surface area contributed by atoms with E-state index in [0.717, 1.165) is 26.8 Å². The summed E-state index contributed by atoms with van der Waals surface area (Å²) in [4.78, 5) is 39.9. The van der Waals surface area contributed by atoms with E-state index in [1.54, 1.807) is 44.4 Å². The minimum atomic E-state index is -0.842. The first kappa shape index (κ1) is 26.0. The maximum Gasteiger partial charge on any atom is 0.335 e. The highest BCUT2D eigenvalue weighted by Crippen LogP contribution is 2.32. The Bertz CT molecular complexity index is 1680. The molecule has 0 aromatic heterocycles. The van der Waals surface area contributed by atoms with E-state index in [-0.39, 0.29) is 12.2 Å². The van der Waals surface area contributed by atoms with Crippen molar-refractivity contribution >= 4 is 52.0 Å². The predicted octanol–water partition coefficient (Wildman–Crippen LogP) is 6.36. The highest BCUT2D eigenvalue weighted by molar-refractivity contribution is 6.39. The van der Waals surface area contributed by atoms with Crippen LogP contribution in [0.3, 0.4) is 0 Å². The van der Waals surface area contributed by atoms with Crippen molar-refractivity contribution in [1.82, 2.24) is 5.32 Å². The van der Waals surface area contributed by atoms with E-state index in [0.29, 0.717) is 33.3 Å². The van der Waals surface area contributed by atoms with E-state index < -0.39 is 17.8 Å². The summed E-state index contributed by atoms with van der Waals surface area (Å²) in [7, 11) is 1.54. The zero-order valence-corrected chi connectivity index (χ0v) is 22.3. The van der Waals surface area contributed by atoms with Crippen LogP contribution in [0.4, 0.5) is 10.5 Å². The number of nitrogens with zero attached hydrogens (tertiary/aromatic N) is 1. The Morgan fingerprint density at radius 3 is 2.49 bits per heavy atom. The van der Waals surface area contributed by atoms with Crippen molar-refractivity contribution in [2.24, 2.45) is 0 Å². The number of nitrogens with one attached hydrogen (secondary N) is 1. The molecular weight excluding hydrogens is 516 g/mol. The number of barbiturate groups is 1. The van der Waals surface area contributed by atoms with Crippen LogP contribution < -0.4 is 19.7 Å². The molecule has 0 radical (unpaired) electrons. The lowest BCUT2D eigenvalue weighted by atomic mass is 10.0. The molecule has 5 rings (SSSR count). The number of hydrogen-bond acceptors (Lipinski definition) is 5. The van der Waals surface area contributed by atoms with Gasteiger partial charge in [-0.25, -0.2) is 9.69 Å². The van der Waals surface area contributed by atoms with Gasteiger partial charge in [0.25, 0.3) is 11.8 Å². The first-order chi connectivity index (χ1) is 18.8. The third-order valence-corrected chi connectivity index (χ3v) is 6.92. The molecule has 4 amide bonds. The molecule has 4 aromatic rings. The molecule has 1 saturated heterocycles. The van der Waals surface area contributed by atoms with Gasteiger partial charge in [-0.05, 0) is 66.1 Å². The second kappa shape index (κ2) is 10.6. The van der Waals surface area contributed by atoms with Gasteiger partial charge in [0.05, 0.1) is 12.8 Å². The summed E-state index contributed by atoms with van der Waals surface area (Å²) in [6.45, 7) is 4.02.